The van der Waals surface area contributed by atoms with E-state index < -0.39 is 11.2 Å². The van der Waals surface area contributed by atoms with Crippen LogP contribution in [0.3, 0.4) is 0 Å². The van der Waals surface area contributed by atoms with Gasteiger partial charge in [-0.2, -0.15) is 0 Å². The summed E-state index contributed by atoms with van der Waals surface area (Å²) in [6.07, 6.45) is 5.85. The van der Waals surface area contributed by atoms with Crippen LogP contribution < -0.4 is 11.5 Å². The van der Waals surface area contributed by atoms with Gasteiger partial charge in [-0.1, -0.05) is 0 Å². The summed E-state index contributed by atoms with van der Waals surface area (Å²) < 4.78 is 0. The molecular weight excluding hydrogens is 204 g/mol. The van der Waals surface area contributed by atoms with Crippen molar-refractivity contribution in [2.45, 2.75) is 75.7 Å². The topological polar surface area (TPSA) is 92.5 Å². The molecule has 4 nitrogen and oxygen atoms in total. The van der Waals surface area contributed by atoms with E-state index in [2.05, 4.69) is 0 Å². The highest BCUT2D eigenvalue weighted by Crippen LogP contribution is 2.27. The minimum Gasteiger partial charge on any atom is -0.389 e. The van der Waals surface area contributed by atoms with Crippen molar-refractivity contribution in [3.63, 3.8) is 0 Å². The van der Waals surface area contributed by atoms with Crippen molar-refractivity contribution in [3.05, 3.63) is 0 Å². The molecule has 0 aromatic rings. The molecule has 0 spiro atoms. The van der Waals surface area contributed by atoms with Crippen LogP contribution in [0.25, 0.3) is 0 Å². The zero-order valence-electron chi connectivity index (χ0n) is 10.4. The summed E-state index contributed by atoms with van der Waals surface area (Å²) >= 11 is 0. The molecule has 6 N–H and O–H groups in total. The number of aliphatic hydroxyl groups is 2. The molecule has 2 fully saturated rings. The number of rotatable bonds is 0. The summed E-state index contributed by atoms with van der Waals surface area (Å²) in [5.41, 5.74) is 9.99. The molecule has 0 aliphatic heterocycles. The van der Waals surface area contributed by atoms with E-state index in [1.807, 2.05) is 13.8 Å². The Kier molecular flexibility index (Phi) is 4.35. The average molecular weight is 230 g/mol. The van der Waals surface area contributed by atoms with Crippen LogP contribution >= 0.6 is 0 Å². The van der Waals surface area contributed by atoms with Gasteiger partial charge in [-0.3, -0.25) is 0 Å². The summed E-state index contributed by atoms with van der Waals surface area (Å²) in [5.74, 6) is 0. The van der Waals surface area contributed by atoms with Gasteiger partial charge in [-0.05, 0) is 52.4 Å². The highest BCUT2D eigenvalue weighted by Gasteiger charge is 2.34. The first-order chi connectivity index (χ1) is 7.26. The lowest BCUT2D eigenvalue weighted by Crippen LogP contribution is -2.40. The van der Waals surface area contributed by atoms with Gasteiger partial charge >= 0.3 is 0 Å². The van der Waals surface area contributed by atoms with E-state index in [0.29, 0.717) is 0 Å². The standard InChI is InChI=1S/2C6H13NO/c2*1-6(8)4-2-3-5(6)7/h2*5,8H,2-4,7H2,1H3/t2*5-,6-/m10/s1. The largest absolute Gasteiger partial charge is 0.389 e. The summed E-state index contributed by atoms with van der Waals surface area (Å²) in [6.45, 7) is 3.62. The van der Waals surface area contributed by atoms with Gasteiger partial charge in [0.15, 0.2) is 0 Å². The Labute approximate surface area is 98.0 Å². The van der Waals surface area contributed by atoms with Crippen LogP contribution in [0.4, 0.5) is 0 Å². The fraction of sp³-hybridized carbons (Fsp3) is 1.00. The number of hydrogen-bond donors (Lipinski definition) is 4. The van der Waals surface area contributed by atoms with Gasteiger partial charge in [0.25, 0.3) is 0 Å². The molecule has 0 aromatic heterocycles. The normalized spacial score (nSPS) is 47.6. The molecule has 0 aromatic carbocycles. The van der Waals surface area contributed by atoms with Crippen LogP contribution in [0.15, 0.2) is 0 Å². The molecule has 2 aliphatic rings. The molecule has 0 saturated heterocycles. The fourth-order valence-electron chi connectivity index (χ4n) is 2.35. The molecule has 4 atom stereocenters. The molecule has 0 radical (unpaired) electrons. The first kappa shape index (κ1) is 13.9. The Hall–Kier alpha value is -0.160. The van der Waals surface area contributed by atoms with Gasteiger partial charge in [0.1, 0.15) is 0 Å². The molecule has 2 aliphatic carbocycles. The van der Waals surface area contributed by atoms with Crippen molar-refractivity contribution in [1.29, 1.82) is 0 Å². The Bertz CT molecular complexity index is 205. The van der Waals surface area contributed by atoms with E-state index in [1.54, 1.807) is 0 Å². The van der Waals surface area contributed by atoms with E-state index in [4.69, 9.17) is 11.5 Å². The van der Waals surface area contributed by atoms with Gasteiger partial charge in [-0.25, -0.2) is 0 Å². The van der Waals surface area contributed by atoms with Crippen LogP contribution in [0.1, 0.15) is 52.4 Å². The molecular formula is C12H26N2O2. The Morgan fingerprint density at radius 3 is 1.25 bits per heavy atom. The predicted octanol–water partition coefficient (Wildman–Crippen LogP) is 0.497. The summed E-state index contributed by atoms with van der Waals surface area (Å²) in [5, 5.41) is 18.7. The first-order valence-corrected chi connectivity index (χ1v) is 6.21. The quantitative estimate of drug-likeness (QED) is 0.487. The van der Waals surface area contributed by atoms with Crippen molar-refractivity contribution >= 4 is 0 Å². The molecule has 0 unspecified atom stereocenters. The van der Waals surface area contributed by atoms with Crippen LogP contribution in [0.5, 0.6) is 0 Å². The molecule has 0 bridgehead atoms. The van der Waals surface area contributed by atoms with Gasteiger partial charge in [0.2, 0.25) is 0 Å². The third-order valence-electron chi connectivity index (χ3n) is 3.99. The molecule has 4 heteroatoms. The third kappa shape index (κ3) is 3.42. The van der Waals surface area contributed by atoms with Crippen LogP contribution in [-0.4, -0.2) is 33.5 Å². The summed E-state index contributed by atoms with van der Waals surface area (Å²) in [4.78, 5) is 0. The third-order valence-corrected chi connectivity index (χ3v) is 3.99. The van der Waals surface area contributed by atoms with Crippen molar-refractivity contribution in [2.24, 2.45) is 11.5 Å². The fourth-order valence-corrected chi connectivity index (χ4v) is 2.35. The molecule has 16 heavy (non-hydrogen) atoms. The van der Waals surface area contributed by atoms with Gasteiger partial charge in [0.05, 0.1) is 11.2 Å². The zero-order chi connectivity index (χ0) is 12.4. The monoisotopic (exact) mass is 230 g/mol. The smallest absolute Gasteiger partial charge is 0.0769 e. The average Bonchev–Trinajstić information content (AvgIpc) is 2.60. The lowest BCUT2D eigenvalue weighted by atomic mass is 10.0. The van der Waals surface area contributed by atoms with E-state index in [0.717, 1.165) is 38.5 Å². The van der Waals surface area contributed by atoms with Crippen LogP contribution in [0, 0.1) is 0 Å². The summed E-state index contributed by atoms with van der Waals surface area (Å²) in [7, 11) is 0. The maximum absolute atomic E-state index is 9.34. The maximum atomic E-state index is 9.34. The zero-order valence-corrected chi connectivity index (χ0v) is 10.4. The lowest BCUT2D eigenvalue weighted by molar-refractivity contribution is 0.0514. The van der Waals surface area contributed by atoms with Crippen molar-refractivity contribution in [2.75, 3.05) is 0 Å². The summed E-state index contributed by atoms with van der Waals surface area (Å²) in [6, 6.07) is 0.0324. The minimum atomic E-state index is -0.569. The molecule has 96 valence electrons. The van der Waals surface area contributed by atoms with E-state index >= 15 is 0 Å². The first-order valence-electron chi connectivity index (χ1n) is 6.21. The van der Waals surface area contributed by atoms with Gasteiger partial charge in [0, 0.05) is 12.1 Å². The van der Waals surface area contributed by atoms with Crippen molar-refractivity contribution < 1.29 is 10.2 Å². The molecule has 0 amide bonds. The second-order valence-corrected chi connectivity index (χ2v) is 5.71. The van der Waals surface area contributed by atoms with E-state index in [9.17, 15) is 10.2 Å². The van der Waals surface area contributed by atoms with Gasteiger partial charge < -0.3 is 21.7 Å². The second-order valence-electron chi connectivity index (χ2n) is 5.71. The number of nitrogens with two attached hydrogens (primary N) is 2. The SMILES string of the molecule is C[C@@]1(O)CCC[C@H]1N.C[C@]1(O)CCC[C@@H]1N. The predicted molar refractivity (Wildman–Crippen MR) is 64.9 cm³/mol. The van der Waals surface area contributed by atoms with Crippen LogP contribution in [0.2, 0.25) is 0 Å². The van der Waals surface area contributed by atoms with Crippen molar-refractivity contribution in [1.82, 2.24) is 0 Å². The Morgan fingerprint density at radius 1 is 0.875 bits per heavy atom. The van der Waals surface area contributed by atoms with Gasteiger partial charge in [-0.15, -0.1) is 0 Å². The number of hydrogen-bond acceptors (Lipinski definition) is 4. The second kappa shape index (κ2) is 5.00. The molecule has 2 rings (SSSR count). The highest BCUT2D eigenvalue weighted by molar-refractivity contribution is 4.91. The maximum Gasteiger partial charge on any atom is 0.0769 e. The Balaban J connectivity index is 0.000000160. The van der Waals surface area contributed by atoms with Crippen molar-refractivity contribution in [3.8, 4) is 0 Å². The lowest BCUT2D eigenvalue weighted by Gasteiger charge is -2.20. The van der Waals surface area contributed by atoms with E-state index in [-0.39, 0.29) is 12.1 Å². The molecule has 2 saturated carbocycles. The van der Waals surface area contributed by atoms with Crippen LogP contribution in [-0.2, 0) is 0 Å². The minimum absolute atomic E-state index is 0.0162. The highest BCUT2D eigenvalue weighted by atomic mass is 16.3. The molecule has 0 heterocycles. The Morgan fingerprint density at radius 2 is 1.19 bits per heavy atom. The van der Waals surface area contributed by atoms with E-state index in [1.165, 1.54) is 0 Å².